The Morgan fingerprint density at radius 2 is 1.89 bits per heavy atom. The summed E-state index contributed by atoms with van der Waals surface area (Å²) in [5, 5.41) is 6.51. The van der Waals surface area contributed by atoms with Gasteiger partial charge in [0.2, 0.25) is 5.91 Å². The molecule has 1 heterocycles. The Hall–Kier alpha value is -2.04. The molecule has 144 valence electrons. The third-order valence-corrected chi connectivity index (χ3v) is 5.93. The summed E-state index contributed by atoms with van der Waals surface area (Å²) in [6.45, 7) is 2.70. The highest BCUT2D eigenvalue weighted by atomic mass is 35.5. The summed E-state index contributed by atoms with van der Waals surface area (Å²) in [7, 11) is 1.68. The summed E-state index contributed by atoms with van der Waals surface area (Å²) >= 11 is 0. The number of benzene rings is 2. The van der Waals surface area contributed by atoms with Crippen LogP contribution in [0.25, 0.3) is 11.1 Å². The Labute approximate surface area is 167 Å². The van der Waals surface area contributed by atoms with Crippen LogP contribution in [0.1, 0.15) is 24.8 Å². The second kappa shape index (κ2) is 8.32. The first-order valence-electron chi connectivity index (χ1n) is 9.42. The Kier molecular flexibility index (Phi) is 6.08. The third-order valence-electron chi connectivity index (χ3n) is 5.93. The van der Waals surface area contributed by atoms with Gasteiger partial charge in [0.05, 0.1) is 7.11 Å². The summed E-state index contributed by atoms with van der Waals surface area (Å²) in [5.41, 5.74) is 3.71. The van der Waals surface area contributed by atoms with E-state index in [9.17, 15) is 4.79 Å². The largest absolute Gasteiger partial charge is 0.497 e. The van der Waals surface area contributed by atoms with Crippen molar-refractivity contribution in [2.75, 3.05) is 20.2 Å². The fraction of sp³-hybridized carbons (Fsp3) is 0.409. The lowest BCUT2D eigenvalue weighted by Crippen LogP contribution is -2.33. The number of hydrogen-bond acceptors (Lipinski definition) is 3. The number of carbonyl (C=O) groups is 1. The average molecular weight is 387 g/mol. The van der Waals surface area contributed by atoms with Gasteiger partial charge in [-0.15, -0.1) is 12.4 Å². The second-order valence-corrected chi connectivity index (χ2v) is 7.52. The lowest BCUT2D eigenvalue weighted by molar-refractivity contribution is -0.123. The van der Waals surface area contributed by atoms with Crippen LogP contribution >= 0.6 is 12.4 Å². The van der Waals surface area contributed by atoms with Crippen molar-refractivity contribution in [3.8, 4) is 16.9 Å². The van der Waals surface area contributed by atoms with E-state index < -0.39 is 0 Å². The Bertz CT molecular complexity index is 785. The first-order chi connectivity index (χ1) is 12.7. The maximum Gasteiger partial charge on any atom is 0.223 e. The number of carbonyl (C=O) groups excluding carboxylic acids is 1. The predicted octanol–water partition coefficient (Wildman–Crippen LogP) is 3.79. The molecular weight excluding hydrogens is 360 g/mol. The van der Waals surface area contributed by atoms with Gasteiger partial charge in [0, 0.05) is 12.5 Å². The number of rotatable bonds is 5. The van der Waals surface area contributed by atoms with Crippen LogP contribution in [-0.4, -0.2) is 26.1 Å². The first-order valence-corrected chi connectivity index (χ1v) is 9.42. The molecule has 0 radical (unpaired) electrons. The molecule has 1 amide bonds. The molecule has 1 spiro atoms. The Morgan fingerprint density at radius 1 is 1.15 bits per heavy atom. The standard InChI is InChI=1S/C22H26N2O2.ClH/c1-26-19-4-2-3-18(13-19)17-7-5-16(6-8-17)15-24-21(25)20-14-22(20)9-11-23-12-10-22;/h2-8,13,20,23H,9-12,14-15H2,1H3,(H,24,25);1H. The van der Waals surface area contributed by atoms with E-state index in [2.05, 4.69) is 41.0 Å². The summed E-state index contributed by atoms with van der Waals surface area (Å²) in [6, 6.07) is 16.4. The van der Waals surface area contributed by atoms with E-state index in [1.54, 1.807) is 7.11 Å². The van der Waals surface area contributed by atoms with E-state index in [1.165, 1.54) is 0 Å². The fourth-order valence-electron chi connectivity index (χ4n) is 4.13. The second-order valence-electron chi connectivity index (χ2n) is 7.52. The number of piperidine rings is 1. The Balaban J connectivity index is 0.00000210. The van der Waals surface area contributed by atoms with Gasteiger partial charge in [-0.05, 0) is 66.6 Å². The van der Waals surface area contributed by atoms with Crippen molar-refractivity contribution in [2.24, 2.45) is 11.3 Å². The quantitative estimate of drug-likeness (QED) is 0.821. The van der Waals surface area contributed by atoms with Crippen molar-refractivity contribution in [3.05, 3.63) is 54.1 Å². The average Bonchev–Trinajstić information content (AvgIpc) is 3.40. The highest BCUT2D eigenvalue weighted by Gasteiger charge is 2.57. The summed E-state index contributed by atoms with van der Waals surface area (Å²) in [6.07, 6.45) is 3.34. The van der Waals surface area contributed by atoms with E-state index in [-0.39, 0.29) is 24.2 Å². The Morgan fingerprint density at radius 3 is 2.59 bits per heavy atom. The lowest BCUT2D eigenvalue weighted by atomic mass is 9.92. The molecule has 1 aliphatic carbocycles. The molecule has 2 aliphatic rings. The molecular formula is C22H27ClN2O2. The van der Waals surface area contributed by atoms with Crippen LogP contribution in [0.2, 0.25) is 0 Å². The van der Waals surface area contributed by atoms with Crippen LogP contribution in [0.5, 0.6) is 5.75 Å². The number of halogens is 1. The molecule has 0 aromatic heterocycles. The van der Waals surface area contributed by atoms with Gasteiger partial charge in [-0.3, -0.25) is 4.79 Å². The zero-order valence-electron chi connectivity index (χ0n) is 15.7. The lowest BCUT2D eigenvalue weighted by Gasteiger charge is -2.23. The van der Waals surface area contributed by atoms with Crippen LogP contribution in [0.15, 0.2) is 48.5 Å². The van der Waals surface area contributed by atoms with Crippen molar-refractivity contribution < 1.29 is 9.53 Å². The van der Waals surface area contributed by atoms with Gasteiger partial charge in [0.15, 0.2) is 0 Å². The minimum absolute atomic E-state index is 0. The molecule has 2 fully saturated rings. The van der Waals surface area contributed by atoms with E-state index in [4.69, 9.17) is 4.74 Å². The van der Waals surface area contributed by atoms with Crippen molar-refractivity contribution in [1.29, 1.82) is 0 Å². The van der Waals surface area contributed by atoms with Crippen LogP contribution in [0.4, 0.5) is 0 Å². The molecule has 1 aliphatic heterocycles. The topological polar surface area (TPSA) is 50.4 Å². The highest BCUT2D eigenvalue weighted by Crippen LogP contribution is 2.58. The predicted molar refractivity (Wildman–Crippen MR) is 110 cm³/mol. The van der Waals surface area contributed by atoms with Gasteiger partial charge in [0.25, 0.3) is 0 Å². The van der Waals surface area contributed by atoms with Crippen LogP contribution in [0.3, 0.4) is 0 Å². The van der Waals surface area contributed by atoms with Crippen molar-refractivity contribution in [3.63, 3.8) is 0 Å². The first kappa shape index (κ1) is 19.7. The molecule has 4 nitrogen and oxygen atoms in total. The van der Waals surface area contributed by atoms with Gasteiger partial charge < -0.3 is 15.4 Å². The molecule has 4 rings (SSSR count). The van der Waals surface area contributed by atoms with Gasteiger partial charge in [-0.25, -0.2) is 0 Å². The molecule has 1 unspecified atom stereocenters. The van der Waals surface area contributed by atoms with Gasteiger partial charge in [0.1, 0.15) is 5.75 Å². The van der Waals surface area contributed by atoms with Crippen LogP contribution in [0, 0.1) is 11.3 Å². The molecule has 2 aromatic rings. The number of amides is 1. The SMILES string of the molecule is COc1cccc(-c2ccc(CNC(=O)C3CC34CCNCC4)cc2)c1.Cl. The molecule has 2 N–H and O–H groups in total. The summed E-state index contributed by atoms with van der Waals surface area (Å²) in [4.78, 5) is 12.5. The van der Waals surface area contributed by atoms with Gasteiger partial charge in [-0.1, -0.05) is 36.4 Å². The zero-order chi connectivity index (χ0) is 18.0. The highest BCUT2D eigenvalue weighted by molar-refractivity contribution is 5.85. The minimum atomic E-state index is 0. The number of hydrogen-bond donors (Lipinski definition) is 2. The zero-order valence-corrected chi connectivity index (χ0v) is 16.5. The molecule has 1 saturated heterocycles. The van der Waals surface area contributed by atoms with Crippen molar-refractivity contribution in [1.82, 2.24) is 10.6 Å². The van der Waals surface area contributed by atoms with Crippen molar-refractivity contribution in [2.45, 2.75) is 25.8 Å². The normalized spacial score (nSPS) is 19.8. The number of methoxy groups -OCH3 is 1. The van der Waals surface area contributed by atoms with E-state index in [1.807, 2.05) is 18.2 Å². The fourth-order valence-corrected chi connectivity index (χ4v) is 4.13. The molecule has 2 aromatic carbocycles. The summed E-state index contributed by atoms with van der Waals surface area (Å²) < 4.78 is 5.29. The molecule has 0 bridgehead atoms. The monoisotopic (exact) mass is 386 g/mol. The molecule has 27 heavy (non-hydrogen) atoms. The number of nitrogens with one attached hydrogen (secondary N) is 2. The maximum atomic E-state index is 12.5. The van der Waals surface area contributed by atoms with E-state index >= 15 is 0 Å². The van der Waals surface area contributed by atoms with Gasteiger partial charge in [-0.2, -0.15) is 0 Å². The maximum absolute atomic E-state index is 12.5. The van der Waals surface area contributed by atoms with Crippen LogP contribution < -0.4 is 15.4 Å². The van der Waals surface area contributed by atoms with Crippen molar-refractivity contribution >= 4 is 18.3 Å². The molecule has 1 atom stereocenters. The number of ether oxygens (including phenoxy) is 1. The third kappa shape index (κ3) is 4.28. The summed E-state index contributed by atoms with van der Waals surface area (Å²) in [5.74, 6) is 1.31. The minimum Gasteiger partial charge on any atom is -0.497 e. The molecule has 5 heteroatoms. The smallest absolute Gasteiger partial charge is 0.223 e. The molecule has 1 saturated carbocycles. The van der Waals surface area contributed by atoms with Gasteiger partial charge >= 0.3 is 0 Å². The van der Waals surface area contributed by atoms with E-state index in [0.29, 0.717) is 12.0 Å². The van der Waals surface area contributed by atoms with E-state index in [0.717, 1.165) is 54.8 Å². The van der Waals surface area contributed by atoms with Crippen LogP contribution in [-0.2, 0) is 11.3 Å².